The summed E-state index contributed by atoms with van der Waals surface area (Å²) >= 11 is 1.53. The molecule has 2 aliphatic heterocycles. The summed E-state index contributed by atoms with van der Waals surface area (Å²) < 4.78 is 13.9. The van der Waals surface area contributed by atoms with Crippen LogP contribution in [0.4, 0.5) is 10.1 Å². The molecular formula is C21H24FN3OS. The fraction of sp³-hybridized carbons (Fsp3) is 0.381. The van der Waals surface area contributed by atoms with Crippen molar-refractivity contribution in [3.05, 3.63) is 65.5 Å². The monoisotopic (exact) mass is 385 g/mol. The Hall–Kier alpha value is -2.05. The third kappa shape index (κ3) is 3.21. The molecule has 2 atom stereocenters. The first-order valence-electron chi connectivity index (χ1n) is 9.24. The van der Waals surface area contributed by atoms with E-state index in [2.05, 4.69) is 0 Å². The third-order valence-electron chi connectivity index (χ3n) is 5.23. The summed E-state index contributed by atoms with van der Waals surface area (Å²) in [6.45, 7) is 1.51. The van der Waals surface area contributed by atoms with E-state index in [1.807, 2.05) is 54.2 Å². The summed E-state index contributed by atoms with van der Waals surface area (Å²) in [6.07, 6.45) is 1.99. The first-order chi connectivity index (χ1) is 13.0. The van der Waals surface area contributed by atoms with Gasteiger partial charge in [-0.2, -0.15) is 0 Å². The van der Waals surface area contributed by atoms with Crippen molar-refractivity contribution in [2.45, 2.75) is 23.8 Å². The fourth-order valence-electron chi connectivity index (χ4n) is 3.77. The number of aliphatic imine (C=N–C) groups is 1. The summed E-state index contributed by atoms with van der Waals surface area (Å²) in [5, 5.41) is 12.5. The van der Waals surface area contributed by atoms with Gasteiger partial charge in [0.2, 0.25) is 0 Å². The van der Waals surface area contributed by atoms with Crippen LogP contribution in [0.3, 0.4) is 0 Å². The van der Waals surface area contributed by atoms with Crippen LogP contribution >= 0.6 is 11.8 Å². The number of amidine groups is 1. The molecule has 142 valence electrons. The Balaban J connectivity index is 1.83. The van der Waals surface area contributed by atoms with E-state index in [4.69, 9.17) is 4.99 Å². The molecule has 0 saturated carbocycles. The number of halogens is 1. The van der Waals surface area contributed by atoms with Gasteiger partial charge in [-0.3, -0.25) is 4.99 Å². The Morgan fingerprint density at radius 1 is 1.19 bits per heavy atom. The molecule has 0 amide bonds. The van der Waals surface area contributed by atoms with Crippen LogP contribution < -0.4 is 4.90 Å². The van der Waals surface area contributed by atoms with Gasteiger partial charge in [0.1, 0.15) is 5.82 Å². The SMILES string of the molecule is CN(C)c1ccc(C2(O)C(c3cccc(F)c3)SC3=NCCCCN32)cc1. The maximum atomic E-state index is 13.9. The normalized spacial score (nSPS) is 25.0. The molecule has 0 radical (unpaired) electrons. The van der Waals surface area contributed by atoms with Crippen LogP contribution in [0.1, 0.15) is 29.2 Å². The van der Waals surface area contributed by atoms with Crippen molar-refractivity contribution in [1.82, 2.24) is 4.90 Å². The van der Waals surface area contributed by atoms with E-state index in [1.54, 1.807) is 6.07 Å². The van der Waals surface area contributed by atoms with Gasteiger partial charge in [0.25, 0.3) is 0 Å². The smallest absolute Gasteiger partial charge is 0.182 e. The summed E-state index contributed by atoms with van der Waals surface area (Å²) in [4.78, 5) is 8.73. The second kappa shape index (κ2) is 7.17. The lowest BCUT2D eigenvalue weighted by Gasteiger charge is -2.38. The number of nitrogens with zero attached hydrogens (tertiary/aromatic N) is 3. The number of benzene rings is 2. The first kappa shape index (κ1) is 18.3. The second-order valence-electron chi connectivity index (χ2n) is 7.24. The lowest BCUT2D eigenvalue weighted by atomic mass is 9.92. The molecule has 2 aliphatic rings. The standard InChI is InChI=1S/C21H24FN3OS/c1-24(2)18-10-8-16(9-11-18)21(26)19(15-6-5-7-17(22)14-15)27-20-23-12-3-4-13-25(20)21/h5-11,14,19,26H,3-4,12-13H2,1-2H3. The van der Waals surface area contributed by atoms with Crippen molar-refractivity contribution in [2.24, 2.45) is 4.99 Å². The van der Waals surface area contributed by atoms with Crippen LogP contribution in [-0.4, -0.2) is 42.4 Å². The highest BCUT2D eigenvalue weighted by Gasteiger charge is 2.53. The van der Waals surface area contributed by atoms with Gasteiger partial charge in [-0.15, -0.1) is 0 Å². The molecule has 1 N–H and O–H groups in total. The molecule has 0 spiro atoms. The lowest BCUT2D eigenvalue weighted by molar-refractivity contribution is -0.0712. The predicted molar refractivity (Wildman–Crippen MR) is 110 cm³/mol. The molecule has 0 bridgehead atoms. The van der Waals surface area contributed by atoms with Crippen molar-refractivity contribution in [2.75, 3.05) is 32.1 Å². The minimum absolute atomic E-state index is 0.289. The van der Waals surface area contributed by atoms with Gasteiger partial charge in [-0.05, 0) is 42.7 Å². The number of hydrogen-bond donors (Lipinski definition) is 1. The van der Waals surface area contributed by atoms with Gasteiger partial charge in [0.05, 0.1) is 5.25 Å². The summed E-state index contributed by atoms with van der Waals surface area (Å²) in [5.41, 5.74) is 1.39. The molecule has 2 aromatic carbocycles. The molecule has 0 aromatic heterocycles. The maximum Gasteiger partial charge on any atom is 0.182 e. The first-order valence-corrected chi connectivity index (χ1v) is 10.1. The van der Waals surface area contributed by atoms with Crippen molar-refractivity contribution >= 4 is 22.6 Å². The molecule has 4 nitrogen and oxygen atoms in total. The second-order valence-corrected chi connectivity index (χ2v) is 8.32. The number of rotatable bonds is 3. The molecule has 2 aromatic rings. The summed E-state index contributed by atoms with van der Waals surface area (Å²) in [5.74, 6) is -0.289. The van der Waals surface area contributed by atoms with Crippen molar-refractivity contribution in [1.29, 1.82) is 0 Å². The third-order valence-corrected chi connectivity index (χ3v) is 6.63. The minimum Gasteiger partial charge on any atom is -0.378 e. The van der Waals surface area contributed by atoms with Gasteiger partial charge < -0.3 is 14.9 Å². The van der Waals surface area contributed by atoms with Crippen LogP contribution in [0, 0.1) is 5.82 Å². The zero-order chi connectivity index (χ0) is 19.0. The molecule has 4 rings (SSSR count). The zero-order valence-electron chi connectivity index (χ0n) is 15.6. The highest BCUT2D eigenvalue weighted by molar-refractivity contribution is 8.14. The van der Waals surface area contributed by atoms with Crippen LogP contribution in [0.25, 0.3) is 0 Å². The van der Waals surface area contributed by atoms with Gasteiger partial charge in [0.15, 0.2) is 10.9 Å². The van der Waals surface area contributed by atoms with Gasteiger partial charge in [-0.1, -0.05) is 36.0 Å². The molecule has 2 unspecified atom stereocenters. The highest BCUT2D eigenvalue weighted by atomic mass is 32.2. The Morgan fingerprint density at radius 2 is 1.96 bits per heavy atom. The topological polar surface area (TPSA) is 39.1 Å². The Morgan fingerprint density at radius 3 is 2.67 bits per heavy atom. The number of anilines is 1. The number of thioether (sulfide) groups is 1. The average molecular weight is 386 g/mol. The summed E-state index contributed by atoms with van der Waals surface area (Å²) in [7, 11) is 3.98. The molecule has 0 aliphatic carbocycles. The van der Waals surface area contributed by atoms with E-state index in [-0.39, 0.29) is 11.1 Å². The molecular weight excluding hydrogens is 361 g/mol. The molecule has 6 heteroatoms. The average Bonchev–Trinajstić information content (AvgIpc) is 2.81. The van der Waals surface area contributed by atoms with Crippen molar-refractivity contribution in [3.63, 3.8) is 0 Å². The van der Waals surface area contributed by atoms with Crippen molar-refractivity contribution in [3.8, 4) is 0 Å². The van der Waals surface area contributed by atoms with Gasteiger partial charge >= 0.3 is 0 Å². The minimum atomic E-state index is -1.26. The van der Waals surface area contributed by atoms with Crippen LogP contribution in [-0.2, 0) is 5.72 Å². The molecule has 2 heterocycles. The van der Waals surface area contributed by atoms with E-state index >= 15 is 0 Å². The summed E-state index contributed by atoms with van der Waals surface area (Å²) in [6, 6.07) is 14.5. The highest BCUT2D eigenvalue weighted by Crippen LogP contribution is 2.54. The van der Waals surface area contributed by atoms with Gasteiger partial charge in [-0.25, -0.2) is 4.39 Å². The zero-order valence-corrected chi connectivity index (χ0v) is 16.4. The van der Waals surface area contributed by atoms with Crippen LogP contribution in [0.2, 0.25) is 0 Å². The lowest BCUT2D eigenvalue weighted by Crippen LogP contribution is -2.46. The Kier molecular flexibility index (Phi) is 4.86. The Bertz CT molecular complexity index is 855. The van der Waals surface area contributed by atoms with Crippen LogP contribution in [0.5, 0.6) is 0 Å². The maximum absolute atomic E-state index is 13.9. The Labute approximate surface area is 163 Å². The number of fused-ring (bicyclic) bond motifs is 1. The number of aliphatic hydroxyl groups is 1. The largest absolute Gasteiger partial charge is 0.378 e. The molecule has 1 saturated heterocycles. The quantitative estimate of drug-likeness (QED) is 0.868. The van der Waals surface area contributed by atoms with Crippen molar-refractivity contribution < 1.29 is 9.50 Å². The number of hydrogen-bond acceptors (Lipinski definition) is 5. The van der Waals surface area contributed by atoms with E-state index < -0.39 is 5.72 Å². The van der Waals surface area contributed by atoms with E-state index in [9.17, 15) is 9.50 Å². The van der Waals surface area contributed by atoms with Gasteiger partial charge in [0, 0.05) is 38.4 Å². The van der Waals surface area contributed by atoms with E-state index in [1.165, 1.54) is 23.9 Å². The fourth-order valence-corrected chi connectivity index (χ4v) is 5.21. The van der Waals surface area contributed by atoms with Crippen LogP contribution in [0.15, 0.2) is 53.5 Å². The predicted octanol–water partition coefficient (Wildman–Crippen LogP) is 3.98. The van der Waals surface area contributed by atoms with E-state index in [0.29, 0.717) is 0 Å². The van der Waals surface area contributed by atoms with E-state index in [0.717, 1.165) is 47.9 Å². The molecule has 27 heavy (non-hydrogen) atoms. The molecule has 1 fully saturated rings.